The van der Waals surface area contributed by atoms with Crippen LogP contribution in [0.15, 0.2) is 121 Å². The molecular weight excluding hydrogens is 713 g/mol. The predicted octanol–water partition coefficient (Wildman–Crippen LogP) is 9.83. The van der Waals surface area contributed by atoms with E-state index in [1.807, 2.05) is 60.7 Å². The van der Waals surface area contributed by atoms with Crippen molar-refractivity contribution < 1.29 is 52.1 Å². The lowest BCUT2D eigenvalue weighted by molar-refractivity contribution is -0.382. The van der Waals surface area contributed by atoms with Crippen molar-refractivity contribution in [3.63, 3.8) is 0 Å². The maximum atomic E-state index is 14.3. The molecule has 1 heterocycles. The summed E-state index contributed by atoms with van der Waals surface area (Å²) in [5.41, 5.74) is 3.24. The SMILES string of the molecule is O=S(=O)(Oc1cccc2cc(-c3ccc(-c4nc(-c5ccccc5)nc(-c5ccccc5)n4)cc3)ccc12)C(F)(F)C(F)(F)C(F)(F)C(F)(F)F. The van der Waals surface area contributed by atoms with Gasteiger partial charge in [0.05, 0.1) is 0 Å². The van der Waals surface area contributed by atoms with Crippen molar-refractivity contribution >= 4 is 20.9 Å². The fourth-order valence-electron chi connectivity index (χ4n) is 4.94. The van der Waals surface area contributed by atoms with Crippen LogP contribution < -0.4 is 4.18 Å². The third-order valence-electron chi connectivity index (χ3n) is 7.65. The second-order valence-corrected chi connectivity index (χ2v) is 12.6. The maximum absolute atomic E-state index is 14.3. The van der Waals surface area contributed by atoms with Crippen LogP contribution in [0, 0.1) is 0 Å². The van der Waals surface area contributed by atoms with Crippen molar-refractivity contribution in [3.05, 3.63) is 121 Å². The number of hydrogen-bond acceptors (Lipinski definition) is 6. The minimum atomic E-state index is -7.42. The number of alkyl halides is 9. The largest absolute Gasteiger partial charge is 0.460 e. The van der Waals surface area contributed by atoms with Crippen LogP contribution in [0.1, 0.15) is 0 Å². The van der Waals surface area contributed by atoms with Gasteiger partial charge in [-0.05, 0) is 34.7 Å². The molecule has 6 aromatic rings. The fraction of sp³-hybridized carbons (Fsp3) is 0.114. The lowest BCUT2D eigenvalue weighted by Gasteiger charge is -2.32. The van der Waals surface area contributed by atoms with Gasteiger partial charge in [-0.2, -0.15) is 47.9 Å². The molecule has 6 nitrogen and oxygen atoms in total. The Balaban J connectivity index is 1.31. The van der Waals surface area contributed by atoms with Crippen LogP contribution in [-0.4, -0.2) is 46.6 Å². The molecule has 0 aliphatic carbocycles. The molecule has 0 spiro atoms. The molecule has 0 atom stereocenters. The van der Waals surface area contributed by atoms with E-state index in [1.54, 1.807) is 24.3 Å². The van der Waals surface area contributed by atoms with E-state index in [2.05, 4.69) is 19.1 Å². The van der Waals surface area contributed by atoms with E-state index in [4.69, 9.17) is 0 Å². The van der Waals surface area contributed by atoms with E-state index in [-0.39, 0.29) is 10.8 Å². The number of rotatable bonds is 9. The summed E-state index contributed by atoms with van der Waals surface area (Å²) in [6.07, 6.45) is -7.20. The van der Waals surface area contributed by atoms with Gasteiger partial charge >= 0.3 is 33.4 Å². The van der Waals surface area contributed by atoms with Gasteiger partial charge in [0.25, 0.3) is 0 Å². The number of aromatic nitrogens is 3. The Hall–Kier alpha value is -5.51. The van der Waals surface area contributed by atoms with Crippen LogP contribution in [0.25, 0.3) is 56.1 Å². The first-order chi connectivity index (χ1) is 23.9. The minimum Gasteiger partial charge on any atom is -0.377 e. The molecule has 0 bridgehead atoms. The Bertz CT molecular complexity index is 2270. The van der Waals surface area contributed by atoms with Gasteiger partial charge in [-0.3, -0.25) is 0 Å². The monoisotopic (exact) mass is 733 g/mol. The molecule has 0 N–H and O–H groups in total. The molecule has 5 aromatic carbocycles. The Morgan fingerprint density at radius 3 is 1.41 bits per heavy atom. The molecular formula is C35H20F9N3O3S. The first kappa shape index (κ1) is 35.3. The molecule has 0 amide bonds. The minimum absolute atomic E-state index is 0.123. The predicted molar refractivity (Wildman–Crippen MR) is 170 cm³/mol. The smallest absolute Gasteiger partial charge is 0.377 e. The molecule has 0 saturated carbocycles. The molecule has 262 valence electrons. The summed E-state index contributed by atoms with van der Waals surface area (Å²) in [5, 5.41) is -7.13. The Labute approximate surface area is 283 Å². The second-order valence-electron chi connectivity index (χ2n) is 11.0. The molecule has 16 heteroatoms. The van der Waals surface area contributed by atoms with Crippen LogP contribution in [0.2, 0.25) is 0 Å². The van der Waals surface area contributed by atoms with Gasteiger partial charge in [0.15, 0.2) is 23.2 Å². The molecule has 0 aliphatic heterocycles. The van der Waals surface area contributed by atoms with Crippen molar-refractivity contribution in [1.29, 1.82) is 0 Å². The van der Waals surface area contributed by atoms with E-state index in [0.29, 0.717) is 34.2 Å². The van der Waals surface area contributed by atoms with E-state index in [0.717, 1.165) is 23.3 Å². The van der Waals surface area contributed by atoms with Crippen molar-refractivity contribution in [2.75, 3.05) is 0 Å². The molecule has 0 radical (unpaired) electrons. The zero-order valence-corrected chi connectivity index (χ0v) is 26.2. The Kier molecular flexibility index (Phi) is 8.78. The van der Waals surface area contributed by atoms with Crippen LogP contribution in [0.3, 0.4) is 0 Å². The Morgan fingerprint density at radius 2 is 0.922 bits per heavy atom. The van der Waals surface area contributed by atoms with Crippen LogP contribution in [-0.2, 0) is 10.1 Å². The van der Waals surface area contributed by atoms with Gasteiger partial charge in [-0.15, -0.1) is 0 Å². The molecule has 0 unspecified atom stereocenters. The molecule has 51 heavy (non-hydrogen) atoms. The van der Waals surface area contributed by atoms with E-state index < -0.39 is 39.1 Å². The molecule has 0 saturated heterocycles. The first-order valence-corrected chi connectivity index (χ1v) is 16.0. The zero-order chi connectivity index (χ0) is 36.8. The summed E-state index contributed by atoms with van der Waals surface area (Å²) >= 11 is 0. The number of nitrogens with zero attached hydrogens (tertiary/aromatic N) is 3. The van der Waals surface area contributed by atoms with Gasteiger partial charge in [-0.1, -0.05) is 103 Å². The van der Waals surface area contributed by atoms with Crippen molar-refractivity contribution in [2.24, 2.45) is 0 Å². The third kappa shape index (κ3) is 6.35. The number of hydrogen-bond donors (Lipinski definition) is 0. The van der Waals surface area contributed by atoms with Crippen molar-refractivity contribution in [2.45, 2.75) is 23.3 Å². The maximum Gasteiger partial charge on any atom is 0.460 e. The Morgan fingerprint density at radius 1 is 0.471 bits per heavy atom. The number of benzene rings is 5. The fourth-order valence-corrected chi connectivity index (χ4v) is 5.87. The van der Waals surface area contributed by atoms with E-state index >= 15 is 0 Å². The van der Waals surface area contributed by atoms with E-state index in [9.17, 15) is 47.9 Å². The standard InChI is InChI=1S/C35H20F9N3O3S/c36-32(37,34(40,41)42)33(38,39)35(43,44)51(48,49)50-28-13-7-12-26-20-25(18-19-27(26)28)21-14-16-24(17-15-21)31-46-29(22-8-3-1-4-9-22)45-30(47-31)23-10-5-2-6-11-23/h1-20H. The first-order valence-electron chi connectivity index (χ1n) is 14.6. The summed E-state index contributed by atoms with van der Waals surface area (Å²) in [7, 11) is -7.12. The van der Waals surface area contributed by atoms with E-state index in [1.165, 1.54) is 24.3 Å². The molecule has 6 rings (SSSR count). The number of fused-ring (bicyclic) bond motifs is 1. The lowest BCUT2D eigenvalue weighted by Crippen LogP contribution is -2.63. The highest BCUT2D eigenvalue weighted by Crippen LogP contribution is 2.55. The highest BCUT2D eigenvalue weighted by atomic mass is 32.2. The zero-order valence-electron chi connectivity index (χ0n) is 25.4. The third-order valence-corrected chi connectivity index (χ3v) is 8.93. The highest BCUT2D eigenvalue weighted by molar-refractivity contribution is 7.88. The summed E-state index contributed by atoms with van der Waals surface area (Å²) in [4.78, 5) is 14.0. The van der Waals surface area contributed by atoms with Gasteiger partial charge in [0.1, 0.15) is 0 Å². The molecule has 1 aromatic heterocycles. The van der Waals surface area contributed by atoms with Crippen LogP contribution in [0.5, 0.6) is 5.75 Å². The van der Waals surface area contributed by atoms with Crippen molar-refractivity contribution in [3.8, 4) is 51.0 Å². The lowest BCUT2D eigenvalue weighted by atomic mass is 10.00. The molecule has 0 fully saturated rings. The molecule has 0 aliphatic rings. The van der Waals surface area contributed by atoms with Crippen molar-refractivity contribution in [1.82, 2.24) is 15.0 Å². The van der Waals surface area contributed by atoms with Gasteiger partial charge < -0.3 is 4.18 Å². The van der Waals surface area contributed by atoms with Gasteiger partial charge in [0, 0.05) is 22.1 Å². The highest BCUT2D eigenvalue weighted by Gasteiger charge is 2.86. The summed E-state index contributed by atoms with van der Waals surface area (Å²) in [6, 6.07) is 32.6. The summed E-state index contributed by atoms with van der Waals surface area (Å²) in [6.45, 7) is 0. The summed E-state index contributed by atoms with van der Waals surface area (Å²) in [5.74, 6) is -14.6. The van der Waals surface area contributed by atoms with Gasteiger partial charge in [0.2, 0.25) is 0 Å². The second kappa shape index (κ2) is 12.7. The number of halogens is 9. The normalized spacial score (nSPS) is 13.0. The van der Waals surface area contributed by atoms with Crippen LogP contribution in [0.4, 0.5) is 39.5 Å². The quantitative estimate of drug-likeness (QED) is 0.109. The average Bonchev–Trinajstić information content (AvgIpc) is 3.11. The van der Waals surface area contributed by atoms with Gasteiger partial charge in [-0.25, -0.2) is 15.0 Å². The van der Waals surface area contributed by atoms with Crippen LogP contribution >= 0.6 is 0 Å². The topological polar surface area (TPSA) is 82.0 Å². The summed E-state index contributed by atoms with van der Waals surface area (Å²) < 4.78 is 149. The average molecular weight is 734 g/mol.